The molecule has 2 aliphatic heterocycles. The van der Waals surface area contributed by atoms with E-state index in [-0.39, 0.29) is 18.4 Å². The van der Waals surface area contributed by atoms with Crippen LogP contribution in [-0.4, -0.2) is 62.2 Å². The molecule has 2 atom stereocenters. The number of para-hydroxylation sites is 1. The maximum atomic E-state index is 12.7. The standard InChI is InChI=1S/C23H26N6OS/c1-4-26-18-10-8-7-9-16(18)17-13-15(11-12-19(17)26)14-24-29-21-20(25-22(29)31)27(5-2)23(30)28(21)6-3/h7-14,20-21H,4-6H2,1-3H3,(H,25,31)/b24-14+. The number of carbonyl (C=O) groups is 1. The van der Waals surface area contributed by atoms with Crippen LogP contribution in [0.4, 0.5) is 4.79 Å². The van der Waals surface area contributed by atoms with E-state index in [0.29, 0.717) is 18.2 Å². The summed E-state index contributed by atoms with van der Waals surface area (Å²) in [7, 11) is 0. The number of amides is 2. The van der Waals surface area contributed by atoms with Crippen molar-refractivity contribution in [1.82, 2.24) is 24.7 Å². The van der Waals surface area contributed by atoms with Gasteiger partial charge >= 0.3 is 6.03 Å². The highest BCUT2D eigenvalue weighted by Gasteiger charge is 2.53. The van der Waals surface area contributed by atoms with Gasteiger partial charge in [-0.15, -0.1) is 0 Å². The van der Waals surface area contributed by atoms with Crippen LogP contribution < -0.4 is 5.32 Å². The molecule has 0 aliphatic carbocycles. The fourth-order valence-corrected chi connectivity index (χ4v) is 5.13. The van der Waals surface area contributed by atoms with Crippen LogP contribution in [0.5, 0.6) is 0 Å². The van der Waals surface area contributed by atoms with Gasteiger partial charge in [-0.1, -0.05) is 24.3 Å². The Morgan fingerprint density at radius 1 is 1.00 bits per heavy atom. The molecule has 0 spiro atoms. The molecule has 1 N–H and O–H groups in total. The minimum atomic E-state index is -0.230. The second-order valence-electron chi connectivity index (χ2n) is 7.79. The van der Waals surface area contributed by atoms with Gasteiger partial charge in [0.1, 0.15) is 6.17 Å². The minimum absolute atomic E-state index is 0.0176. The molecule has 7 nitrogen and oxygen atoms in total. The van der Waals surface area contributed by atoms with Crippen LogP contribution in [0, 0.1) is 0 Å². The van der Waals surface area contributed by atoms with Crippen molar-refractivity contribution in [2.45, 2.75) is 39.6 Å². The number of aromatic nitrogens is 1. The summed E-state index contributed by atoms with van der Waals surface area (Å²) in [6.45, 7) is 8.28. The highest BCUT2D eigenvalue weighted by Crippen LogP contribution is 2.31. The van der Waals surface area contributed by atoms with Gasteiger partial charge in [-0.2, -0.15) is 5.10 Å². The molecule has 1 aromatic heterocycles. The molecular weight excluding hydrogens is 408 g/mol. The van der Waals surface area contributed by atoms with Gasteiger partial charge in [-0.3, -0.25) is 4.90 Å². The van der Waals surface area contributed by atoms with Crippen LogP contribution in [0.1, 0.15) is 26.3 Å². The Kier molecular flexibility index (Phi) is 4.81. The molecule has 31 heavy (non-hydrogen) atoms. The lowest BCUT2D eigenvalue weighted by atomic mass is 10.1. The highest BCUT2D eigenvalue weighted by molar-refractivity contribution is 7.80. The number of carbonyl (C=O) groups excluding carboxylic acids is 1. The zero-order valence-electron chi connectivity index (χ0n) is 17.9. The summed E-state index contributed by atoms with van der Waals surface area (Å²) in [4.78, 5) is 16.3. The van der Waals surface area contributed by atoms with Crippen molar-refractivity contribution in [1.29, 1.82) is 0 Å². The van der Waals surface area contributed by atoms with E-state index in [9.17, 15) is 4.79 Å². The normalized spacial score (nSPS) is 21.2. The minimum Gasteiger partial charge on any atom is -0.341 e. The van der Waals surface area contributed by atoms with Gasteiger partial charge in [0, 0.05) is 41.4 Å². The van der Waals surface area contributed by atoms with Gasteiger partial charge in [-0.25, -0.2) is 9.80 Å². The van der Waals surface area contributed by atoms with Crippen molar-refractivity contribution >= 4 is 51.4 Å². The van der Waals surface area contributed by atoms with E-state index in [0.717, 1.165) is 12.1 Å². The molecule has 0 saturated carbocycles. The van der Waals surface area contributed by atoms with Crippen molar-refractivity contribution in [2.75, 3.05) is 13.1 Å². The Hall–Kier alpha value is -3.13. The third-order valence-corrected chi connectivity index (χ3v) is 6.59. The van der Waals surface area contributed by atoms with Gasteiger partial charge in [-0.05, 0) is 56.8 Å². The van der Waals surface area contributed by atoms with Crippen molar-refractivity contribution in [2.24, 2.45) is 5.10 Å². The van der Waals surface area contributed by atoms with Gasteiger partial charge in [0.05, 0.1) is 6.21 Å². The Morgan fingerprint density at radius 2 is 1.74 bits per heavy atom. The first-order chi connectivity index (χ1) is 15.1. The lowest BCUT2D eigenvalue weighted by molar-refractivity contribution is 0.157. The fraction of sp³-hybridized carbons (Fsp3) is 0.348. The second-order valence-corrected chi connectivity index (χ2v) is 8.18. The topological polar surface area (TPSA) is 56.1 Å². The highest BCUT2D eigenvalue weighted by atomic mass is 32.1. The quantitative estimate of drug-likeness (QED) is 0.491. The number of hydrogen-bond donors (Lipinski definition) is 1. The van der Waals surface area contributed by atoms with Crippen LogP contribution in [0.25, 0.3) is 21.8 Å². The predicted molar refractivity (Wildman–Crippen MR) is 128 cm³/mol. The maximum Gasteiger partial charge on any atom is 0.323 e. The van der Waals surface area contributed by atoms with Gasteiger partial charge < -0.3 is 14.8 Å². The lowest BCUT2D eigenvalue weighted by Gasteiger charge is -2.25. The largest absolute Gasteiger partial charge is 0.341 e. The van der Waals surface area contributed by atoms with Crippen LogP contribution in [-0.2, 0) is 6.54 Å². The molecule has 2 fully saturated rings. The van der Waals surface area contributed by atoms with Crippen molar-refractivity contribution < 1.29 is 4.79 Å². The average molecular weight is 435 g/mol. The first-order valence-corrected chi connectivity index (χ1v) is 11.2. The number of thiocarbonyl (C=S) groups is 1. The number of likely N-dealkylation sites (N-methyl/N-ethyl adjacent to an activating group) is 2. The molecule has 2 amide bonds. The lowest BCUT2D eigenvalue weighted by Crippen LogP contribution is -2.43. The molecule has 8 heteroatoms. The Bertz CT molecular complexity index is 1220. The molecule has 2 aromatic carbocycles. The van der Waals surface area contributed by atoms with Crippen LogP contribution in [0.15, 0.2) is 47.6 Å². The number of benzene rings is 2. The van der Waals surface area contributed by atoms with E-state index < -0.39 is 0 Å². The third-order valence-electron chi connectivity index (χ3n) is 6.28. The molecule has 3 heterocycles. The van der Waals surface area contributed by atoms with Crippen LogP contribution >= 0.6 is 12.2 Å². The molecule has 0 radical (unpaired) electrons. The fourth-order valence-electron chi connectivity index (χ4n) is 4.86. The first kappa shape index (κ1) is 19.8. The van der Waals surface area contributed by atoms with Gasteiger partial charge in [0.2, 0.25) is 0 Å². The number of hydrazone groups is 1. The molecule has 3 aromatic rings. The Balaban J connectivity index is 1.51. The van der Waals surface area contributed by atoms with E-state index in [1.165, 1.54) is 21.8 Å². The third kappa shape index (κ3) is 2.89. The second kappa shape index (κ2) is 7.53. The van der Waals surface area contributed by atoms with E-state index >= 15 is 0 Å². The number of rotatable bonds is 5. The summed E-state index contributed by atoms with van der Waals surface area (Å²) in [5, 5.41) is 12.7. The molecule has 2 unspecified atom stereocenters. The molecule has 2 saturated heterocycles. The van der Waals surface area contributed by atoms with Gasteiger partial charge in [0.25, 0.3) is 0 Å². The number of hydrogen-bond acceptors (Lipinski definition) is 3. The predicted octanol–water partition coefficient (Wildman–Crippen LogP) is 3.77. The summed E-state index contributed by atoms with van der Waals surface area (Å²) in [5.74, 6) is 0. The molecule has 160 valence electrons. The summed E-state index contributed by atoms with van der Waals surface area (Å²) in [6.07, 6.45) is 1.43. The van der Waals surface area contributed by atoms with Crippen molar-refractivity contribution in [3.8, 4) is 0 Å². The Morgan fingerprint density at radius 3 is 2.48 bits per heavy atom. The SMILES string of the molecule is CCN1C(=O)N(CC)C2C1NC(=S)N2/N=C/c1ccc2c(c1)c1ccccc1n2CC. The first-order valence-electron chi connectivity index (χ1n) is 10.8. The van der Waals surface area contributed by atoms with E-state index in [1.54, 1.807) is 5.01 Å². The Labute approximate surface area is 186 Å². The average Bonchev–Trinajstić information content (AvgIpc) is 3.36. The van der Waals surface area contributed by atoms with E-state index in [1.807, 2.05) is 29.9 Å². The summed E-state index contributed by atoms with van der Waals surface area (Å²) in [5.41, 5.74) is 3.46. The number of nitrogens with zero attached hydrogens (tertiary/aromatic N) is 5. The number of aryl methyl sites for hydroxylation is 1. The molecule has 2 aliphatic rings. The monoisotopic (exact) mass is 434 g/mol. The van der Waals surface area contributed by atoms with Crippen molar-refractivity contribution in [3.05, 3.63) is 48.0 Å². The summed E-state index contributed by atoms with van der Waals surface area (Å²) < 4.78 is 2.33. The van der Waals surface area contributed by atoms with Crippen molar-refractivity contribution in [3.63, 3.8) is 0 Å². The number of urea groups is 1. The molecular formula is C23H26N6OS. The summed E-state index contributed by atoms with van der Waals surface area (Å²) in [6, 6.07) is 14.9. The van der Waals surface area contributed by atoms with Crippen LogP contribution in [0.2, 0.25) is 0 Å². The smallest absolute Gasteiger partial charge is 0.323 e. The summed E-state index contributed by atoms with van der Waals surface area (Å²) >= 11 is 5.54. The maximum absolute atomic E-state index is 12.7. The van der Waals surface area contributed by atoms with E-state index in [2.05, 4.69) is 59.3 Å². The zero-order valence-corrected chi connectivity index (χ0v) is 18.8. The van der Waals surface area contributed by atoms with Gasteiger partial charge in [0.15, 0.2) is 11.3 Å². The molecule has 5 rings (SSSR count). The van der Waals surface area contributed by atoms with E-state index in [4.69, 9.17) is 17.3 Å². The van der Waals surface area contributed by atoms with Crippen LogP contribution in [0.3, 0.4) is 0 Å². The number of nitrogens with one attached hydrogen (secondary N) is 1. The zero-order chi connectivity index (χ0) is 21.7. The number of fused-ring (bicyclic) bond motifs is 4. The molecule has 0 bridgehead atoms.